The van der Waals surface area contributed by atoms with Crippen molar-refractivity contribution < 1.29 is 9.84 Å². The van der Waals surface area contributed by atoms with Gasteiger partial charge >= 0.3 is 0 Å². The van der Waals surface area contributed by atoms with Crippen molar-refractivity contribution in [3.63, 3.8) is 0 Å². The molecule has 3 aromatic rings. The van der Waals surface area contributed by atoms with E-state index in [1.807, 2.05) is 24.3 Å². The van der Waals surface area contributed by atoms with Crippen molar-refractivity contribution in [3.8, 4) is 22.9 Å². The van der Waals surface area contributed by atoms with E-state index >= 15 is 0 Å². The first-order valence-corrected chi connectivity index (χ1v) is 12.3. The quantitative estimate of drug-likeness (QED) is 0.507. The van der Waals surface area contributed by atoms with E-state index in [1.165, 1.54) is 0 Å². The van der Waals surface area contributed by atoms with E-state index in [1.54, 1.807) is 18.3 Å². The molecule has 5 heterocycles. The lowest BCUT2D eigenvalue weighted by molar-refractivity contribution is 0.155. The van der Waals surface area contributed by atoms with Gasteiger partial charge < -0.3 is 30.7 Å². The summed E-state index contributed by atoms with van der Waals surface area (Å²) in [7, 11) is 0. The number of hydrogen-bond donors (Lipinski definition) is 3. The maximum atomic E-state index is 10.3. The molecule has 0 amide bonds. The van der Waals surface area contributed by atoms with Crippen molar-refractivity contribution in [2.24, 2.45) is 0 Å². The second-order valence-electron chi connectivity index (χ2n) is 9.48. The molecule has 182 valence electrons. The van der Waals surface area contributed by atoms with Crippen molar-refractivity contribution in [3.05, 3.63) is 42.6 Å². The normalized spacial score (nSPS) is 22.4. The number of nitrogen functional groups attached to an aromatic ring is 1. The Kier molecular flexibility index (Phi) is 5.73. The van der Waals surface area contributed by atoms with E-state index in [0.29, 0.717) is 23.0 Å². The number of hydrogen-bond acceptors (Lipinski definition) is 10. The van der Waals surface area contributed by atoms with Gasteiger partial charge in [0.05, 0.1) is 11.4 Å². The average molecular weight is 475 g/mol. The summed E-state index contributed by atoms with van der Waals surface area (Å²) in [6.45, 7) is 3.53. The minimum Gasteiger partial charge on any atom is -0.507 e. The maximum absolute atomic E-state index is 10.3. The Hall–Kier alpha value is -3.66. The van der Waals surface area contributed by atoms with Crippen LogP contribution in [0.25, 0.3) is 11.3 Å². The fraction of sp³-hybridized carbons (Fsp3) is 0.440. The molecule has 0 saturated carbocycles. The van der Waals surface area contributed by atoms with Crippen LogP contribution in [0.15, 0.2) is 42.6 Å². The van der Waals surface area contributed by atoms with Gasteiger partial charge in [0, 0.05) is 43.0 Å². The highest BCUT2D eigenvalue weighted by Gasteiger charge is 2.42. The molecule has 3 fully saturated rings. The van der Waals surface area contributed by atoms with Crippen LogP contribution in [0.3, 0.4) is 0 Å². The van der Waals surface area contributed by atoms with Gasteiger partial charge in [-0.1, -0.05) is 12.1 Å². The number of aromatic nitrogens is 4. The van der Waals surface area contributed by atoms with E-state index in [0.717, 1.165) is 63.5 Å². The first kappa shape index (κ1) is 21.8. The summed E-state index contributed by atoms with van der Waals surface area (Å²) in [4.78, 5) is 14.0. The molecular weight excluding hydrogens is 444 g/mol. The third kappa shape index (κ3) is 4.29. The lowest BCUT2D eigenvalue weighted by Gasteiger charge is -2.42. The van der Waals surface area contributed by atoms with Crippen LogP contribution < -0.4 is 25.6 Å². The number of nitrogens with two attached hydrogens (primary N) is 1. The predicted molar refractivity (Wildman–Crippen MR) is 134 cm³/mol. The van der Waals surface area contributed by atoms with E-state index in [9.17, 15) is 5.11 Å². The first-order valence-electron chi connectivity index (χ1n) is 12.3. The number of phenolic OH excluding ortho intramolecular Hbond substituents is 1. The smallest absolute Gasteiger partial charge is 0.229 e. The number of anilines is 3. The van der Waals surface area contributed by atoms with E-state index < -0.39 is 0 Å². The Labute approximate surface area is 204 Å². The summed E-state index contributed by atoms with van der Waals surface area (Å²) in [6.07, 6.45) is 6.12. The lowest BCUT2D eigenvalue weighted by Crippen LogP contribution is -2.54. The highest BCUT2D eigenvalue weighted by molar-refractivity contribution is 5.74. The molecule has 0 unspecified atom stereocenters. The Morgan fingerprint density at radius 2 is 1.77 bits per heavy atom. The molecule has 3 aliphatic heterocycles. The molecule has 3 aliphatic rings. The number of fused-ring (bicyclic) bond motifs is 2. The largest absolute Gasteiger partial charge is 0.507 e. The molecule has 2 bridgehead atoms. The van der Waals surface area contributed by atoms with E-state index in [4.69, 9.17) is 15.5 Å². The lowest BCUT2D eigenvalue weighted by atomic mass is 10.1. The molecule has 0 radical (unpaired) electrons. The van der Waals surface area contributed by atoms with Crippen LogP contribution in [0.1, 0.15) is 25.7 Å². The standard InChI is InChI=1S/C25H30N8O2/c26-24-21(13-20(30-31-24)19-3-1-2-4-22(19)34)32-14-16-5-6-17(15-32)33(16)25-28-12-9-23(29-25)35-18-7-10-27-11-8-18/h1-4,9,12-13,16-18,27,34H,5-8,10-11,14-15H2,(H2,26,31)/t16-,17+. The van der Waals surface area contributed by atoms with Gasteiger partial charge in [0.25, 0.3) is 0 Å². The van der Waals surface area contributed by atoms with Crippen LogP contribution in [-0.4, -0.2) is 69.6 Å². The number of piperidine rings is 1. The fourth-order valence-corrected chi connectivity index (χ4v) is 5.50. The van der Waals surface area contributed by atoms with Crippen LogP contribution in [0.2, 0.25) is 0 Å². The van der Waals surface area contributed by atoms with Crippen LogP contribution in [-0.2, 0) is 0 Å². The molecule has 35 heavy (non-hydrogen) atoms. The predicted octanol–water partition coefficient (Wildman–Crippen LogP) is 2.21. The third-order valence-corrected chi connectivity index (χ3v) is 7.23. The van der Waals surface area contributed by atoms with Crippen molar-refractivity contribution >= 4 is 17.5 Å². The maximum Gasteiger partial charge on any atom is 0.229 e. The van der Waals surface area contributed by atoms with Crippen molar-refractivity contribution in [1.82, 2.24) is 25.5 Å². The zero-order valence-corrected chi connectivity index (χ0v) is 19.5. The van der Waals surface area contributed by atoms with Gasteiger partial charge in [0.1, 0.15) is 11.9 Å². The zero-order valence-electron chi connectivity index (χ0n) is 19.5. The van der Waals surface area contributed by atoms with Crippen LogP contribution in [0.5, 0.6) is 11.6 Å². The molecule has 10 nitrogen and oxygen atoms in total. The molecule has 4 N–H and O–H groups in total. The summed E-state index contributed by atoms with van der Waals surface area (Å²) in [6, 6.07) is 11.5. The second kappa shape index (κ2) is 9.18. The summed E-state index contributed by atoms with van der Waals surface area (Å²) in [5.74, 6) is 1.95. The molecule has 3 saturated heterocycles. The summed E-state index contributed by atoms with van der Waals surface area (Å²) >= 11 is 0. The third-order valence-electron chi connectivity index (χ3n) is 7.23. The van der Waals surface area contributed by atoms with Crippen LogP contribution in [0.4, 0.5) is 17.5 Å². The van der Waals surface area contributed by atoms with Gasteiger partial charge in [-0.05, 0) is 57.0 Å². The van der Waals surface area contributed by atoms with Gasteiger partial charge in [-0.3, -0.25) is 0 Å². The minimum atomic E-state index is 0.172. The number of rotatable bonds is 5. The number of piperazine rings is 1. The monoisotopic (exact) mass is 474 g/mol. The number of para-hydroxylation sites is 1. The number of phenols is 1. The van der Waals surface area contributed by atoms with Crippen molar-refractivity contribution in [2.75, 3.05) is 41.7 Å². The molecule has 0 aliphatic carbocycles. The van der Waals surface area contributed by atoms with Crippen LogP contribution >= 0.6 is 0 Å². The number of benzene rings is 1. The number of nitrogens with one attached hydrogen (secondary N) is 1. The number of aromatic hydroxyl groups is 1. The molecular formula is C25H30N8O2. The van der Waals surface area contributed by atoms with E-state index in [2.05, 4.69) is 30.3 Å². The molecule has 10 heteroatoms. The Morgan fingerprint density at radius 3 is 2.54 bits per heavy atom. The Bertz CT molecular complexity index is 1190. The van der Waals surface area contributed by atoms with Gasteiger partial charge in [-0.15, -0.1) is 10.2 Å². The first-order chi connectivity index (χ1) is 17.2. The SMILES string of the molecule is Nc1nnc(-c2ccccc2O)cc1N1C[C@H]2CC[C@@H](C1)N2c1nccc(OC2CCNCC2)n1. The van der Waals surface area contributed by atoms with Crippen LogP contribution in [0, 0.1) is 0 Å². The molecule has 1 aromatic carbocycles. The number of ether oxygens (including phenoxy) is 1. The van der Waals surface area contributed by atoms with Gasteiger partial charge in [0.15, 0.2) is 5.82 Å². The minimum absolute atomic E-state index is 0.172. The Morgan fingerprint density at radius 1 is 1.00 bits per heavy atom. The summed E-state index contributed by atoms with van der Waals surface area (Å²) in [5.41, 5.74) is 8.36. The molecule has 0 spiro atoms. The Balaban J connectivity index is 1.22. The van der Waals surface area contributed by atoms with Gasteiger partial charge in [0.2, 0.25) is 11.8 Å². The van der Waals surface area contributed by atoms with Gasteiger partial charge in [-0.25, -0.2) is 4.98 Å². The molecule has 2 aromatic heterocycles. The van der Waals surface area contributed by atoms with Crippen molar-refractivity contribution in [1.29, 1.82) is 0 Å². The van der Waals surface area contributed by atoms with Crippen molar-refractivity contribution in [2.45, 2.75) is 43.9 Å². The number of nitrogens with zero attached hydrogens (tertiary/aromatic N) is 6. The molecule has 2 atom stereocenters. The second-order valence-corrected chi connectivity index (χ2v) is 9.48. The average Bonchev–Trinajstić information content (AvgIpc) is 3.15. The fourth-order valence-electron chi connectivity index (χ4n) is 5.50. The topological polar surface area (TPSA) is 126 Å². The summed E-state index contributed by atoms with van der Waals surface area (Å²) < 4.78 is 6.17. The highest BCUT2D eigenvalue weighted by atomic mass is 16.5. The highest BCUT2D eigenvalue weighted by Crippen LogP contribution is 2.38. The van der Waals surface area contributed by atoms with E-state index in [-0.39, 0.29) is 23.9 Å². The zero-order chi connectivity index (χ0) is 23.8. The van der Waals surface area contributed by atoms with Gasteiger partial charge in [-0.2, -0.15) is 4.98 Å². The summed E-state index contributed by atoms with van der Waals surface area (Å²) in [5, 5.41) is 22.1. The molecule has 6 rings (SSSR count).